The van der Waals surface area contributed by atoms with Crippen LogP contribution >= 0.6 is 0 Å². The predicted molar refractivity (Wildman–Crippen MR) is 63.2 cm³/mol. The van der Waals surface area contributed by atoms with Crippen LogP contribution in [0.5, 0.6) is 0 Å². The summed E-state index contributed by atoms with van der Waals surface area (Å²) in [7, 11) is 0. The fourth-order valence-electron chi connectivity index (χ4n) is 2.13. The molecule has 0 aromatic carbocycles. The Kier molecular flexibility index (Phi) is 6.46. The highest BCUT2D eigenvalue weighted by atomic mass is 19.4. The van der Waals surface area contributed by atoms with E-state index in [9.17, 15) is 18.0 Å². The zero-order valence-corrected chi connectivity index (χ0v) is 10.5. The van der Waals surface area contributed by atoms with Crippen molar-refractivity contribution in [1.29, 1.82) is 0 Å². The molecule has 1 aliphatic rings. The SMILES string of the molecule is O=C(CNCCC(F)(F)F)NC1CCCCCC1. The molecule has 106 valence electrons. The molecule has 0 bridgehead atoms. The number of nitrogens with one attached hydrogen (secondary N) is 2. The first-order chi connectivity index (χ1) is 8.47. The van der Waals surface area contributed by atoms with Crippen molar-refractivity contribution in [3.8, 4) is 0 Å². The van der Waals surface area contributed by atoms with Crippen LogP contribution in [0.25, 0.3) is 0 Å². The van der Waals surface area contributed by atoms with Crippen molar-refractivity contribution < 1.29 is 18.0 Å². The van der Waals surface area contributed by atoms with E-state index in [2.05, 4.69) is 10.6 Å². The van der Waals surface area contributed by atoms with Crippen molar-refractivity contribution in [1.82, 2.24) is 10.6 Å². The second kappa shape index (κ2) is 7.61. The van der Waals surface area contributed by atoms with E-state index in [1.807, 2.05) is 0 Å². The molecule has 0 aromatic rings. The van der Waals surface area contributed by atoms with Crippen molar-refractivity contribution in [2.45, 2.75) is 57.2 Å². The third-order valence-electron chi connectivity index (χ3n) is 3.09. The van der Waals surface area contributed by atoms with Crippen molar-refractivity contribution >= 4 is 5.91 Å². The van der Waals surface area contributed by atoms with Gasteiger partial charge in [-0.1, -0.05) is 25.7 Å². The van der Waals surface area contributed by atoms with Gasteiger partial charge < -0.3 is 10.6 Å². The topological polar surface area (TPSA) is 41.1 Å². The summed E-state index contributed by atoms with van der Waals surface area (Å²) in [4.78, 5) is 11.5. The standard InChI is InChI=1S/C12H21F3N2O/c13-12(14,15)7-8-16-9-11(18)17-10-5-3-1-2-4-6-10/h10,16H,1-9H2,(H,17,18). The molecule has 6 heteroatoms. The van der Waals surface area contributed by atoms with Crippen molar-refractivity contribution in [3.05, 3.63) is 0 Å². The van der Waals surface area contributed by atoms with E-state index >= 15 is 0 Å². The number of alkyl halides is 3. The Bertz CT molecular complexity index is 248. The summed E-state index contributed by atoms with van der Waals surface area (Å²) in [6, 6.07) is 0.199. The van der Waals surface area contributed by atoms with E-state index in [4.69, 9.17) is 0 Å². The molecule has 0 radical (unpaired) electrons. The van der Waals surface area contributed by atoms with Gasteiger partial charge in [-0.15, -0.1) is 0 Å². The summed E-state index contributed by atoms with van der Waals surface area (Å²) < 4.78 is 35.6. The van der Waals surface area contributed by atoms with E-state index in [0.29, 0.717) is 0 Å². The second-order valence-corrected chi connectivity index (χ2v) is 4.80. The fourth-order valence-corrected chi connectivity index (χ4v) is 2.13. The first-order valence-electron chi connectivity index (χ1n) is 6.54. The first-order valence-corrected chi connectivity index (χ1v) is 6.54. The zero-order valence-electron chi connectivity index (χ0n) is 10.5. The number of halogens is 3. The molecule has 3 nitrogen and oxygen atoms in total. The van der Waals surface area contributed by atoms with Gasteiger partial charge in [-0.3, -0.25) is 4.79 Å². The molecule has 1 fully saturated rings. The van der Waals surface area contributed by atoms with Crippen LogP contribution in [0.3, 0.4) is 0 Å². The monoisotopic (exact) mass is 266 g/mol. The molecule has 1 amide bonds. The van der Waals surface area contributed by atoms with Gasteiger partial charge in [0.1, 0.15) is 0 Å². The van der Waals surface area contributed by atoms with Crippen LogP contribution in [-0.4, -0.2) is 31.2 Å². The first kappa shape index (κ1) is 15.3. The molecule has 0 saturated heterocycles. The molecule has 1 rings (SSSR count). The predicted octanol–water partition coefficient (Wildman–Crippen LogP) is 2.37. The van der Waals surface area contributed by atoms with E-state index in [1.165, 1.54) is 12.8 Å². The van der Waals surface area contributed by atoms with Crippen molar-refractivity contribution in [2.24, 2.45) is 0 Å². The lowest BCUT2D eigenvalue weighted by molar-refractivity contribution is -0.134. The minimum atomic E-state index is -4.16. The fraction of sp³-hybridized carbons (Fsp3) is 0.917. The Labute approximate surface area is 106 Å². The zero-order chi connectivity index (χ0) is 13.4. The summed E-state index contributed by atoms with van der Waals surface area (Å²) in [6.07, 6.45) is 1.54. The maximum absolute atomic E-state index is 11.9. The van der Waals surface area contributed by atoms with Gasteiger partial charge in [0, 0.05) is 12.6 Å². The van der Waals surface area contributed by atoms with Crippen LogP contribution in [0, 0.1) is 0 Å². The Morgan fingerprint density at radius 1 is 1.11 bits per heavy atom. The number of carbonyl (C=O) groups is 1. The molecule has 2 N–H and O–H groups in total. The Morgan fingerprint density at radius 2 is 1.72 bits per heavy atom. The summed E-state index contributed by atoms with van der Waals surface area (Å²) in [5.41, 5.74) is 0. The number of amides is 1. The molecule has 18 heavy (non-hydrogen) atoms. The number of rotatable bonds is 5. The number of hydrogen-bond acceptors (Lipinski definition) is 2. The smallest absolute Gasteiger partial charge is 0.352 e. The molecular weight excluding hydrogens is 245 g/mol. The van der Waals surface area contributed by atoms with Crippen molar-refractivity contribution in [2.75, 3.05) is 13.1 Å². The van der Waals surface area contributed by atoms with Crippen molar-refractivity contribution in [3.63, 3.8) is 0 Å². The Balaban J connectivity index is 2.09. The minimum Gasteiger partial charge on any atom is -0.352 e. The van der Waals surface area contributed by atoms with Crippen LogP contribution in [0.2, 0.25) is 0 Å². The highest BCUT2D eigenvalue weighted by Crippen LogP contribution is 2.18. The van der Waals surface area contributed by atoms with E-state index in [-0.39, 0.29) is 25.0 Å². The lowest BCUT2D eigenvalue weighted by Gasteiger charge is -2.16. The lowest BCUT2D eigenvalue weighted by Crippen LogP contribution is -2.40. The average Bonchev–Trinajstić information content (AvgIpc) is 2.52. The van der Waals surface area contributed by atoms with Gasteiger partial charge in [0.2, 0.25) is 5.91 Å². The molecule has 0 atom stereocenters. The molecular formula is C12H21F3N2O. The third kappa shape index (κ3) is 7.53. The highest BCUT2D eigenvalue weighted by molar-refractivity contribution is 5.78. The third-order valence-corrected chi connectivity index (χ3v) is 3.09. The Hall–Kier alpha value is -0.780. The van der Waals surface area contributed by atoms with Crippen LogP contribution in [-0.2, 0) is 4.79 Å². The van der Waals surface area contributed by atoms with Gasteiger partial charge in [0.25, 0.3) is 0 Å². The van der Waals surface area contributed by atoms with Gasteiger partial charge in [0.05, 0.1) is 13.0 Å². The van der Waals surface area contributed by atoms with Gasteiger partial charge >= 0.3 is 6.18 Å². The van der Waals surface area contributed by atoms with Gasteiger partial charge in [-0.2, -0.15) is 13.2 Å². The van der Waals surface area contributed by atoms with Gasteiger partial charge in [-0.25, -0.2) is 0 Å². The summed E-state index contributed by atoms with van der Waals surface area (Å²) in [5.74, 6) is -0.205. The maximum atomic E-state index is 11.9. The normalized spacial score (nSPS) is 18.4. The van der Waals surface area contributed by atoms with Crippen LogP contribution < -0.4 is 10.6 Å². The minimum absolute atomic E-state index is 0.0351. The largest absolute Gasteiger partial charge is 0.390 e. The molecule has 0 spiro atoms. The van der Waals surface area contributed by atoms with E-state index in [1.54, 1.807) is 0 Å². The molecule has 0 aliphatic heterocycles. The molecule has 0 aromatic heterocycles. The van der Waals surface area contributed by atoms with Gasteiger partial charge in [-0.05, 0) is 12.8 Å². The maximum Gasteiger partial charge on any atom is 0.390 e. The molecule has 1 saturated carbocycles. The number of hydrogen-bond donors (Lipinski definition) is 2. The average molecular weight is 266 g/mol. The van der Waals surface area contributed by atoms with Crippen LogP contribution in [0.1, 0.15) is 44.9 Å². The van der Waals surface area contributed by atoms with Gasteiger partial charge in [0.15, 0.2) is 0 Å². The van der Waals surface area contributed by atoms with E-state index in [0.717, 1.165) is 25.7 Å². The quantitative estimate of drug-likeness (QED) is 0.592. The van der Waals surface area contributed by atoms with E-state index < -0.39 is 12.6 Å². The molecule has 0 unspecified atom stereocenters. The lowest BCUT2D eigenvalue weighted by atomic mass is 10.1. The molecule has 0 heterocycles. The second-order valence-electron chi connectivity index (χ2n) is 4.80. The number of carbonyl (C=O) groups excluding carboxylic acids is 1. The summed E-state index contributed by atoms with van der Waals surface area (Å²) in [5, 5.41) is 5.39. The Morgan fingerprint density at radius 3 is 2.28 bits per heavy atom. The van der Waals surface area contributed by atoms with Crippen LogP contribution in [0.4, 0.5) is 13.2 Å². The van der Waals surface area contributed by atoms with Crippen LogP contribution in [0.15, 0.2) is 0 Å². The highest BCUT2D eigenvalue weighted by Gasteiger charge is 2.26. The molecule has 1 aliphatic carbocycles. The summed E-state index contributed by atoms with van der Waals surface area (Å²) in [6.45, 7) is -0.242. The summed E-state index contributed by atoms with van der Waals surface area (Å²) >= 11 is 0.